The van der Waals surface area contributed by atoms with E-state index >= 15 is 0 Å². The molecule has 208 valence electrons. The fourth-order valence-corrected chi connectivity index (χ4v) is 5.04. The zero-order valence-corrected chi connectivity index (χ0v) is 22.6. The molecule has 3 aromatic rings. The molecule has 3 heterocycles. The number of benzene rings is 2. The number of ether oxygens (including phenoxy) is 1. The van der Waals surface area contributed by atoms with Crippen molar-refractivity contribution in [3.63, 3.8) is 0 Å². The zero-order chi connectivity index (χ0) is 27.9. The van der Waals surface area contributed by atoms with E-state index in [4.69, 9.17) is 4.74 Å². The maximum atomic E-state index is 13.2. The third-order valence-corrected chi connectivity index (χ3v) is 7.26. The molecule has 1 aromatic heterocycles. The number of piperazine rings is 2. The van der Waals surface area contributed by atoms with Crippen LogP contribution < -0.4 is 20.3 Å². The molecule has 10 heteroatoms. The molecular formula is C30H34N6O4. The van der Waals surface area contributed by atoms with Crippen LogP contribution in [-0.2, 0) is 11.2 Å². The van der Waals surface area contributed by atoms with Gasteiger partial charge in [0.05, 0.1) is 30.5 Å². The van der Waals surface area contributed by atoms with E-state index in [0.717, 1.165) is 30.1 Å². The van der Waals surface area contributed by atoms with Gasteiger partial charge < -0.3 is 30.1 Å². The second-order valence-electron chi connectivity index (χ2n) is 9.87. The first kappa shape index (κ1) is 27.1. The van der Waals surface area contributed by atoms with Crippen LogP contribution in [0.15, 0.2) is 67.0 Å². The quantitative estimate of drug-likeness (QED) is 0.472. The molecule has 2 fully saturated rings. The summed E-state index contributed by atoms with van der Waals surface area (Å²) >= 11 is 0. The number of hydrogen-bond donors (Lipinski definition) is 2. The van der Waals surface area contributed by atoms with Gasteiger partial charge in [-0.25, -0.2) is 0 Å². The van der Waals surface area contributed by atoms with Crippen molar-refractivity contribution in [1.29, 1.82) is 0 Å². The molecule has 2 aromatic carbocycles. The van der Waals surface area contributed by atoms with Crippen molar-refractivity contribution >= 4 is 29.1 Å². The highest BCUT2D eigenvalue weighted by Gasteiger charge is 2.26. The molecule has 2 saturated heterocycles. The van der Waals surface area contributed by atoms with Crippen molar-refractivity contribution in [3.8, 4) is 5.75 Å². The first-order valence-electron chi connectivity index (χ1n) is 13.5. The number of hydrogen-bond acceptors (Lipinski definition) is 7. The monoisotopic (exact) mass is 542 g/mol. The summed E-state index contributed by atoms with van der Waals surface area (Å²) in [5, 5.41) is 6.33. The predicted octanol–water partition coefficient (Wildman–Crippen LogP) is 2.28. The number of anilines is 2. The Balaban J connectivity index is 1.33. The third kappa shape index (κ3) is 6.40. The SMILES string of the molecule is COc1ccc(CC(=O)Nc2cc(C(=O)N3CCNCC3)ccc2N2CCN(C(=O)c3cccnc3)CC2)cc1. The lowest BCUT2D eigenvalue weighted by Crippen LogP contribution is -2.49. The Morgan fingerprint density at radius 2 is 1.57 bits per heavy atom. The van der Waals surface area contributed by atoms with Gasteiger partial charge in [0.15, 0.2) is 0 Å². The summed E-state index contributed by atoms with van der Waals surface area (Å²) in [7, 11) is 1.60. The zero-order valence-electron chi connectivity index (χ0n) is 22.6. The number of carbonyl (C=O) groups is 3. The van der Waals surface area contributed by atoms with Crippen LogP contribution in [0.5, 0.6) is 5.75 Å². The van der Waals surface area contributed by atoms with Crippen molar-refractivity contribution in [2.45, 2.75) is 6.42 Å². The lowest BCUT2D eigenvalue weighted by molar-refractivity contribution is -0.115. The Morgan fingerprint density at radius 3 is 2.25 bits per heavy atom. The van der Waals surface area contributed by atoms with Gasteiger partial charge in [-0.05, 0) is 48.0 Å². The van der Waals surface area contributed by atoms with Gasteiger partial charge in [0.1, 0.15) is 5.75 Å². The largest absolute Gasteiger partial charge is 0.497 e. The number of aromatic nitrogens is 1. The van der Waals surface area contributed by atoms with Crippen LogP contribution in [0.1, 0.15) is 26.3 Å². The molecule has 0 saturated carbocycles. The van der Waals surface area contributed by atoms with Gasteiger partial charge in [0, 0.05) is 70.3 Å². The van der Waals surface area contributed by atoms with Gasteiger partial charge in [0.25, 0.3) is 11.8 Å². The van der Waals surface area contributed by atoms with E-state index in [1.165, 1.54) is 0 Å². The average Bonchev–Trinajstić information content (AvgIpc) is 3.01. The van der Waals surface area contributed by atoms with Gasteiger partial charge in [-0.1, -0.05) is 12.1 Å². The number of nitrogens with zero attached hydrogens (tertiary/aromatic N) is 4. The summed E-state index contributed by atoms with van der Waals surface area (Å²) in [5.41, 5.74) is 3.38. The first-order valence-corrected chi connectivity index (χ1v) is 13.5. The lowest BCUT2D eigenvalue weighted by atomic mass is 10.1. The summed E-state index contributed by atoms with van der Waals surface area (Å²) < 4.78 is 5.21. The maximum Gasteiger partial charge on any atom is 0.255 e. The summed E-state index contributed by atoms with van der Waals surface area (Å²) in [4.78, 5) is 49.1. The van der Waals surface area contributed by atoms with Crippen LogP contribution in [0.2, 0.25) is 0 Å². The van der Waals surface area contributed by atoms with Crippen molar-refractivity contribution < 1.29 is 19.1 Å². The number of methoxy groups -OCH3 is 1. The lowest BCUT2D eigenvalue weighted by Gasteiger charge is -2.37. The third-order valence-electron chi connectivity index (χ3n) is 7.26. The van der Waals surface area contributed by atoms with Gasteiger partial charge in [-0.3, -0.25) is 19.4 Å². The molecule has 2 N–H and O–H groups in total. The van der Waals surface area contributed by atoms with Crippen molar-refractivity contribution in [1.82, 2.24) is 20.1 Å². The molecule has 0 radical (unpaired) electrons. The Hall–Kier alpha value is -4.44. The standard InChI is InChI=1S/C30H34N6O4/c1-40-25-7-4-22(5-8-25)19-28(37)33-26-20-23(29(38)35-13-11-31-12-14-35)6-9-27(26)34-15-17-36(18-16-34)30(39)24-3-2-10-32-21-24/h2-10,20-21,31H,11-19H2,1H3,(H,33,37). The van der Waals surface area contributed by atoms with E-state index in [1.54, 1.807) is 37.7 Å². The van der Waals surface area contributed by atoms with Crippen LogP contribution in [-0.4, -0.2) is 92.0 Å². The molecule has 2 aliphatic heterocycles. The van der Waals surface area contributed by atoms with E-state index < -0.39 is 0 Å². The fourth-order valence-electron chi connectivity index (χ4n) is 5.04. The highest BCUT2D eigenvalue weighted by atomic mass is 16.5. The highest BCUT2D eigenvalue weighted by Crippen LogP contribution is 2.29. The Kier molecular flexibility index (Phi) is 8.56. The molecule has 5 rings (SSSR count). The van der Waals surface area contributed by atoms with Gasteiger partial charge in [-0.2, -0.15) is 0 Å². The average molecular weight is 543 g/mol. The molecule has 3 amide bonds. The smallest absolute Gasteiger partial charge is 0.255 e. The van der Waals surface area contributed by atoms with Crippen LogP contribution in [0.4, 0.5) is 11.4 Å². The molecule has 0 unspecified atom stereocenters. The van der Waals surface area contributed by atoms with Crippen LogP contribution in [0, 0.1) is 0 Å². The minimum atomic E-state index is -0.177. The van der Waals surface area contributed by atoms with Gasteiger partial charge >= 0.3 is 0 Å². The summed E-state index contributed by atoms with van der Waals surface area (Å²) in [6, 6.07) is 16.4. The van der Waals surface area contributed by atoms with E-state index in [-0.39, 0.29) is 24.1 Å². The topological polar surface area (TPSA) is 107 Å². The second kappa shape index (κ2) is 12.6. The Labute approximate surface area is 233 Å². The molecule has 0 atom stereocenters. The van der Waals surface area contributed by atoms with Gasteiger partial charge in [0.2, 0.25) is 5.91 Å². The predicted molar refractivity (Wildman–Crippen MR) is 153 cm³/mol. The fraction of sp³-hybridized carbons (Fsp3) is 0.333. The summed E-state index contributed by atoms with van der Waals surface area (Å²) in [6.45, 7) is 5.08. The minimum Gasteiger partial charge on any atom is -0.497 e. The number of pyridine rings is 1. The summed E-state index contributed by atoms with van der Waals surface area (Å²) in [5.74, 6) is 0.457. The number of rotatable bonds is 7. The van der Waals surface area contributed by atoms with Crippen molar-refractivity contribution in [2.24, 2.45) is 0 Å². The minimum absolute atomic E-state index is 0.0438. The van der Waals surface area contributed by atoms with Crippen LogP contribution in [0.25, 0.3) is 0 Å². The van der Waals surface area contributed by atoms with E-state index in [9.17, 15) is 14.4 Å². The molecule has 0 spiro atoms. The molecular weight excluding hydrogens is 508 g/mol. The highest BCUT2D eigenvalue weighted by molar-refractivity contribution is 6.00. The van der Waals surface area contributed by atoms with Crippen LogP contribution in [0.3, 0.4) is 0 Å². The molecule has 40 heavy (non-hydrogen) atoms. The van der Waals surface area contributed by atoms with Crippen molar-refractivity contribution in [3.05, 3.63) is 83.7 Å². The molecule has 0 bridgehead atoms. The Morgan fingerprint density at radius 1 is 0.875 bits per heavy atom. The number of carbonyl (C=O) groups excluding carboxylic acids is 3. The van der Waals surface area contributed by atoms with Gasteiger partial charge in [-0.15, -0.1) is 0 Å². The van der Waals surface area contributed by atoms with Crippen molar-refractivity contribution in [2.75, 3.05) is 69.7 Å². The van der Waals surface area contributed by atoms with E-state index in [0.29, 0.717) is 56.1 Å². The molecule has 0 aliphatic carbocycles. The maximum absolute atomic E-state index is 13.2. The van der Waals surface area contributed by atoms with Crippen LogP contribution >= 0.6 is 0 Å². The summed E-state index contributed by atoms with van der Waals surface area (Å²) in [6.07, 6.45) is 3.42. The Bertz CT molecular complexity index is 1330. The normalized spacial score (nSPS) is 15.5. The molecule has 2 aliphatic rings. The molecule has 10 nitrogen and oxygen atoms in total. The number of amides is 3. The second-order valence-corrected chi connectivity index (χ2v) is 9.87. The van der Waals surface area contributed by atoms with E-state index in [1.807, 2.05) is 46.2 Å². The van der Waals surface area contributed by atoms with E-state index in [2.05, 4.69) is 20.5 Å². The first-order chi connectivity index (χ1) is 19.5. The number of nitrogens with one attached hydrogen (secondary N) is 2.